The molecule has 3 heterocycles. The number of benzene rings is 1. The molecule has 3 N–H and O–H groups in total. The van der Waals surface area contributed by atoms with Crippen LogP contribution in [-0.4, -0.2) is 56.0 Å². The molecule has 0 spiro atoms. The van der Waals surface area contributed by atoms with E-state index in [4.69, 9.17) is 10.5 Å². The number of primary amides is 1. The van der Waals surface area contributed by atoms with Crippen LogP contribution in [0.3, 0.4) is 0 Å². The van der Waals surface area contributed by atoms with Crippen molar-refractivity contribution in [2.24, 2.45) is 11.1 Å². The van der Waals surface area contributed by atoms with Gasteiger partial charge >= 0.3 is 0 Å². The van der Waals surface area contributed by atoms with E-state index in [1.54, 1.807) is 6.07 Å². The molecule has 178 valence electrons. The van der Waals surface area contributed by atoms with E-state index in [-0.39, 0.29) is 17.0 Å². The van der Waals surface area contributed by atoms with Gasteiger partial charge in [0.25, 0.3) is 5.91 Å². The maximum atomic E-state index is 15.3. The van der Waals surface area contributed by atoms with Crippen LogP contribution in [0.25, 0.3) is 5.69 Å². The SMILES string of the molecule is CC1(C)Cc2c(c3c(n2-c2cc(F)c(C(N)=O)c(NN4CCOCC4)c2)CCC3)S(=O)(=O)C1. The average Bonchev–Trinajstić information content (AvgIpc) is 3.26. The van der Waals surface area contributed by atoms with Crippen molar-refractivity contribution >= 4 is 21.4 Å². The van der Waals surface area contributed by atoms with Gasteiger partial charge in [0.1, 0.15) is 5.82 Å². The molecule has 0 bridgehead atoms. The number of halogens is 1. The summed E-state index contributed by atoms with van der Waals surface area (Å²) in [7, 11) is -3.45. The standard InChI is InChI=1S/C23H29FN4O4S/c1-23(2)12-19-21(33(30,31)13-23)15-4-3-5-18(15)28(19)14-10-16(24)20(22(25)29)17(11-14)26-27-6-8-32-9-7-27/h10-11,26H,3-9,12-13H2,1-2H3,(H2,25,29). The van der Waals surface area contributed by atoms with Crippen LogP contribution < -0.4 is 11.2 Å². The highest BCUT2D eigenvalue weighted by Crippen LogP contribution is 2.44. The van der Waals surface area contributed by atoms with Crippen molar-refractivity contribution in [1.82, 2.24) is 9.58 Å². The van der Waals surface area contributed by atoms with Gasteiger partial charge in [0.05, 0.1) is 40.8 Å². The largest absolute Gasteiger partial charge is 0.379 e. The van der Waals surface area contributed by atoms with E-state index >= 15 is 4.39 Å². The highest BCUT2D eigenvalue weighted by molar-refractivity contribution is 7.91. The van der Waals surface area contributed by atoms with Crippen LogP contribution in [0.2, 0.25) is 0 Å². The number of sulfone groups is 1. The summed E-state index contributed by atoms with van der Waals surface area (Å²) in [5, 5.41) is 1.86. The Balaban J connectivity index is 1.70. The Hall–Kier alpha value is -2.43. The fourth-order valence-corrected chi connectivity index (χ4v) is 7.89. The first-order chi connectivity index (χ1) is 15.6. The molecule has 1 saturated heterocycles. The van der Waals surface area contributed by atoms with Crippen molar-refractivity contribution in [2.75, 3.05) is 37.5 Å². The number of hydrazine groups is 1. The molecule has 0 atom stereocenters. The molecule has 1 amide bonds. The summed E-state index contributed by atoms with van der Waals surface area (Å²) in [6.07, 6.45) is 2.85. The number of fused-ring (bicyclic) bond motifs is 3. The Labute approximate surface area is 192 Å². The predicted octanol–water partition coefficient (Wildman–Crippen LogP) is 2.22. The number of ether oxygens (including phenoxy) is 1. The minimum Gasteiger partial charge on any atom is -0.379 e. The van der Waals surface area contributed by atoms with Crippen LogP contribution >= 0.6 is 0 Å². The summed E-state index contributed by atoms with van der Waals surface area (Å²) in [5.74, 6) is -1.50. The maximum Gasteiger partial charge on any atom is 0.253 e. The second kappa shape index (κ2) is 7.82. The number of rotatable bonds is 4. The number of carbonyl (C=O) groups is 1. The van der Waals surface area contributed by atoms with Crippen molar-refractivity contribution in [3.63, 3.8) is 0 Å². The first kappa shape index (κ1) is 22.4. The van der Waals surface area contributed by atoms with E-state index in [1.165, 1.54) is 6.07 Å². The number of amides is 1. The third-order valence-electron chi connectivity index (χ3n) is 6.67. The van der Waals surface area contributed by atoms with Gasteiger partial charge in [-0.05, 0) is 48.8 Å². The first-order valence-electron chi connectivity index (χ1n) is 11.3. The zero-order valence-electron chi connectivity index (χ0n) is 18.9. The lowest BCUT2D eigenvalue weighted by Gasteiger charge is -2.31. The van der Waals surface area contributed by atoms with Crippen molar-refractivity contribution in [2.45, 2.75) is 44.4 Å². The van der Waals surface area contributed by atoms with Crippen LogP contribution in [0, 0.1) is 11.2 Å². The quantitative estimate of drug-likeness (QED) is 0.701. The van der Waals surface area contributed by atoms with E-state index in [0.29, 0.717) is 55.4 Å². The van der Waals surface area contributed by atoms with Crippen molar-refractivity contribution in [3.8, 4) is 5.69 Å². The third-order valence-corrected chi connectivity index (χ3v) is 8.94. The molecule has 0 radical (unpaired) electrons. The summed E-state index contributed by atoms with van der Waals surface area (Å²) in [4.78, 5) is 12.5. The lowest BCUT2D eigenvalue weighted by molar-refractivity contribution is 0.0496. The van der Waals surface area contributed by atoms with Gasteiger partial charge in [-0.15, -0.1) is 0 Å². The molecule has 3 aliphatic rings. The molecule has 8 nitrogen and oxygen atoms in total. The number of anilines is 1. The second-order valence-corrected chi connectivity index (χ2v) is 11.8. The van der Waals surface area contributed by atoms with Gasteiger partial charge in [-0.25, -0.2) is 17.8 Å². The molecule has 1 fully saturated rings. The number of hydrogen-bond acceptors (Lipinski definition) is 6. The summed E-state index contributed by atoms with van der Waals surface area (Å²) in [6.45, 7) is 6.07. The fraction of sp³-hybridized carbons (Fsp3) is 0.522. The van der Waals surface area contributed by atoms with E-state index in [2.05, 4.69) is 5.43 Å². The number of carbonyl (C=O) groups excluding carboxylic acids is 1. The van der Waals surface area contributed by atoms with Crippen LogP contribution in [0.5, 0.6) is 0 Å². The lowest BCUT2D eigenvalue weighted by atomic mass is 9.89. The molecule has 5 rings (SSSR count). The smallest absolute Gasteiger partial charge is 0.253 e. The van der Waals surface area contributed by atoms with Crippen LogP contribution in [0.15, 0.2) is 17.0 Å². The topological polar surface area (TPSA) is 107 Å². The molecule has 1 aliphatic carbocycles. The molecule has 1 aromatic heterocycles. The fourth-order valence-electron chi connectivity index (χ4n) is 5.49. The Morgan fingerprint density at radius 1 is 1.18 bits per heavy atom. The number of nitrogens with zero attached hydrogens (tertiary/aromatic N) is 2. The van der Waals surface area contributed by atoms with Gasteiger partial charge in [0.2, 0.25) is 0 Å². The Morgan fingerprint density at radius 3 is 2.61 bits per heavy atom. The molecule has 2 aliphatic heterocycles. The highest BCUT2D eigenvalue weighted by Gasteiger charge is 2.42. The Morgan fingerprint density at radius 2 is 1.91 bits per heavy atom. The zero-order valence-corrected chi connectivity index (χ0v) is 19.7. The van der Waals surface area contributed by atoms with Crippen molar-refractivity contribution in [1.29, 1.82) is 0 Å². The molecule has 0 saturated carbocycles. The van der Waals surface area contributed by atoms with Gasteiger partial charge in [0, 0.05) is 24.5 Å². The number of nitrogens with two attached hydrogens (primary N) is 1. The average molecular weight is 477 g/mol. The van der Waals surface area contributed by atoms with Gasteiger partial charge in [-0.2, -0.15) is 0 Å². The van der Waals surface area contributed by atoms with Crippen molar-refractivity contribution in [3.05, 3.63) is 40.5 Å². The normalized spacial score (nSPS) is 21.4. The Bertz CT molecular complexity index is 1250. The van der Waals surface area contributed by atoms with E-state index < -0.39 is 27.0 Å². The van der Waals surface area contributed by atoms with Crippen LogP contribution in [0.1, 0.15) is 47.6 Å². The van der Waals surface area contributed by atoms with Crippen LogP contribution in [-0.2, 0) is 33.8 Å². The Kier molecular flexibility index (Phi) is 5.30. The highest BCUT2D eigenvalue weighted by atomic mass is 32.2. The first-order valence-corrected chi connectivity index (χ1v) is 12.9. The zero-order chi connectivity index (χ0) is 23.5. The van der Waals surface area contributed by atoms with E-state index in [0.717, 1.165) is 24.1 Å². The molecule has 33 heavy (non-hydrogen) atoms. The molecule has 2 aromatic rings. The number of aromatic nitrogens is 1. The number of hydrogen-bond donors (Lipinski definition) is 2. The maximum absolute atomic E-state index is 15.3. The summed E-state index contributed by atoms with van der Waals surface area (Å²) >= 11 is 0. The van der Waals surface area contributed by atoms with Gasteiger partial charge in [-0.3, -0.25) is 4.79 Å². The summed E-state index contributed by atoms with van der Waals surface area (Å²) in [6, 6.07) is 2.99. The minimum absolute atomic E-state index is 0.0995. The molecule has 0 unspecified atom stereocenters. The van der Waals surface area contributed by atoms with E-state index in [9.17, 15) is 13.2 Å². The monoisotopic (exact) mass is 476 g/mol. The molecule has 1 aromatic carbocycles. The third kappa shape index (κ3) is 3.83. The lowest BCUT2D eigenvalue weighted by Crippen LogP contribution is -2.40. The minimum atomic E-state index is -3.45. The van der Waals surface area contributed by atoms with Gasteiger partial charge in [0.15, 0.2) is 9.84 Å². The van der Waals surface area contributed by atoms with Crippen LogP contribution in [0.4, 0.5) is 10.1 Å². The van der Waals surface area contributed by atoms with Crippen molar-refractivity contribution < 1.29 is 22.3 Å². The van der Waals surface area contributed by atoms with Gasteiger partial charge < -0.3 is 20.5 Å². The summed E-state index contributed by atoms with van der Waals surface area (Å²) < 4.78 is 49.1. The molecular formula is C23H29FN4O4S. The number of nitrogens with one attached hydrogen (secondary N) is 1. The second-order valence-electron chi connectivity index (χ2n) is 9.92. The molecular weight excluding hydrogens is 447 g/mol. The predicted molar refractivity (Wildman–Crippen MR) is 122 cm³/mol. The van der Waals surface area contributed by atoms with E-state index in [1.807, 2.05) is 23.4 Å². The molecule has 10 heteroatoms. The number of morpholine rings is 1. The van der Waals surface area contributed by atoms with Gasteiger partial charge in [-0.1, -0.05) is 13.8 Å². The summed E-state index contributed by atoms with van der Waals surface area (Å²) in [5.41, 5.74) is 11.3.